The van der Waals surface area contributed by atoms with Crippen LogP contribution < -0.4 is 0 Å². The Labute approximate surface area is 106 Å². The Balaban J connectivity index is 2.45. The molecule has 88 valence electrons. The van der Waals surface area contributed by atoms with Crippen LogP contribution in [-0.2, 0) is 11.2 Å². The lowest BCUT2D eigenvalue weighted by Crippen LogP contribution is -1.87. The first-order valence-electron chi connectivity index (χ1n) is 5.66. The van der Waals surface area contributed by atoms with Crippen LogP contribution in [0.5, 0.6) is 0 Å². The van der Waals surface area contributed by atoms with Gasteiger partial charge in [-0.05, 0) is 29.0 Å². The van der Waals surface area contributed by atoms with E-state index in [-0.39, 0.29) is 0 Å². The van der Waals surface area contributed by atoms with Gasteiger partial charge in [-0.25, -0.2) is 0 Å². The summed E-state index contributed by atoms with van der Waals surface area (Å²) in [5.74, 6) is 0.725. The number of ether oxygens (including phenoxy) is 1. The van der Waals surface area contributed by atoms with Crippen LogP contribution in [0.15, 0.2) is 42.3 Å². The Hall–Kier alpha value is -1.54. The molecule has 17 heavy (non-hydrogen) atoms. The summed E-state index contributed by atoms with van der Waals surface area (Å²) < 4.78 is 5.23. The van der Waals surface area contributed by atoms with E-state index in [9.17, 15) is 0 Å². The second-order valence-corrected chi connectivity index (χ2v) is 4.76. The van der Waals surface area contributed by atoms with E-state index in [1.165, 1.54) is 16.0 Å². The smallest absolute Gasteiger partial charge is 0.120 e. The molecule has 2 heteroatoms. The predicted molar refractivity (Wildman–Crippen MR) is 75.2 cm³/mol. The highest BCUT2D eigenvalue weighted by Crippen LogP contribution is 2.34. The number of aryl methyl sites for hydroxylation is 1. The average Bonchev–Trinajstić information content (AvgIpc) is 2.87. The standard InChI is InChI=1S/C15H16OS/c1-4-12-6-5-7-13(10-12)15-14(8-9-17-15)11(2)16-3/h5-10H,2,4H2,1,3H3. The van der Waals surface area contributed by atoms with Crippen LogP contribution in [0.3, 0.4) is 0 Å². The first-order chi connectivity index (χ1) is 8.26. The van der Waals surface area contributed by atoms with Crippen molar-refractivity contribution in [2.24, 2.45) is 0 Å². The molecule has 0 saturated carbocycles. The molecule has 0 aliphatic carbocycles. The fourth-order valence-corrected chi connectivity index (χ4v) is 2.71. The van der Waals surface area contributed by atoms with Crippen LogP contribution in [0.2, 0.25) is 0 Å². The Morgan fingerprint density at radius 3 is 2.88 bits per heavy atom. The van der Waals surface area contributed by atoms with Gasteiger partial charge in [0.2, 0.25) is 0 Å². The van der Waals surface area contributed by atoms with Gasteiger partial charge >= 0.3 is 0 Å². The molecule has 2 rings (SSSR count). The van der Waals surface area contributed by atoms with E-state index >= 15 is 0 Å². The molecule has 0 saturated heterocycles. The second kappa shape index (κ2) is 5.19. The third-order valence-corrected chi connectivity index (χ3v) is 3.77. The van der Waals surface area contributed by atoms with Gasteiger partial charge in [0.25, 0.3) is 0 Å². The summed E-state index contributed by atoms with van der Waals surface area (Å²) in [4.78, 5) is 1.23. The normalized spacial score (nSPS) is 10.2. The van der Waals surface area contributed by atoms with E-state index in [0.717, 1.165) is 17.7 Å². The molecule has 1 aromatic heterocycles. The van der Waals surface area contributed by atoms with Crippen molar-refractivity contribution in [3.63, 3.8) is 0 Å². The molecule has 0 bridgehead atoms. The van der Waals surface area contributed by atoms with Gasteiger partial charge in [-0.2, -0.15) is 0 Å². The van der Waals surface area contributed by atoms with Crippen molar-refractivity contribution in [1.82, 2.24) is 0 Å². The van der Waals surface area contributed by atoms with Gasteiger partial charge in [0.15, 0.2) is 0 Å². The molecule has 0 N–H and O–H groups in total. The molecule has 0 fully saturated rings. The highest BCUT2D eigenvalue weighted by atomic mass is 32.1. The molecule has 1 aromatic carbocycles. The van der Waals surface area contributed by atoms with Crippen LogP contribution in [-0.4, -0.2) is 7.11 Å². The van der Waals surface area contributed by atoms with Gasteiger partial charge in [0.1, 0.15) is 5.76 Å². The van der Waals surface area contributed by atoms with Crippen LogP contribution in [0.1, 0.15) is 18.1 Å². The largest absolute Gasteiger partial charge is 0.497 e. The van der Waals surface area contributed by atoms with Crippen LogP contribution in [0.25, 0.3) is 16.2 Å². The predicted octanol–water partition coefficient (Wildman–Crippen LogP) is 4.59. The summed E-state index contributed by atoms with van der Waals surface area (Å²) in [6, 6.07) is 10.7. The number of hydrogen-bond donors (Lipinski definition) is 0. The van der Waals surface area contributed by atoms with E-state index in [0.29, 0.717) is 0 Å². The SMILES string of the molecule is C=C(OC)c1ccsc1-c1cccc(CC)c1. The van der Waals surface area contributed by atoms with Gasteiger partial charge in [0.05, 0.1) is 7.11 Å². The van der Waals surface area contributed by atoms with Crippen molar-refractivity contribution in [3.05, 3.63) is 53.4 Å². The molecule has 0 amide bonds. The summed E-state index contributed by atoms with van der Waals surface area (Å²) in [6.45, 7) is 6.10. The van der Waals surface area contributed by atoms with Crippen molar-refractivity contribution in [3.8, 4) is 10.4 Å². The minimum atomic E-state index is 0.725. The third-order valence-electron chi connectivity index (χ3n) is 2.81. The Morgan fingerprint density at radius 1 is 1.35 bits per heavy atom. The number of methoxy groups -OCH3 is 1. The monoisotopic (exact) mass is 244 g/mol. The minimum absolute atomic E-state index is 0.725. The average molecular weight is 244 g/mol. The quantitative estimate of drug-likeness (QED) is 0.714. The lowest BCUT2D eigenvalue weighted by Gasteiger charge is -2.07. The summed E-state index contributed by atoms with van der Waals surface area (Å²) in [7, 11) is 1.66. The molecule has 2 aromatic rings. The van der Waals surface area contributed by atoms with Crippen LogP contribution in [0.4, 0.5) is 0 Å². The molecule has 0 aliphatic rings. The van der Waals surface area contributed by atoms with Crippen LogP contribution in [0, 0.1) is 0 Å². The molecule has 1 heterocycles. The Kier molecular flexibility index (Phi) is 3.64. The molecule has 1 nitrogen and oxygen atoms in total. The maximum Gasteiger partial charge on any atom is 0.120 e. The summed E-state index contributed by atoms with van der Waals surface area (Å²) in [6.07, 6.45) is 1.06. The molecule has 0 unspecified atom stereocenters. The number of rotatable bonds is 4. The number of hydrogen-bond acceptors (Lipinski definition) is 2. The molecular weight excluding hydrogens is 228 g/mol. The van der Waals surface area contributed by atoms with Crippen molar-refractivity contribution < 1.29 is 4.74 Å². The fraction of sp³-hybridized carbons (Fsp3) is 0.200. The van der Waals surface area contributed by atoms with Gasteiger partial charge in [-0.3, -0.25) is 0 Å². The lowest BCUT2D eigenvalue weighted by atomic mass is 10.0. The highest BCUT2D eigenvalue weighted by molar-refractivity contribution is 7.13. The van der Waals surface area contributed by atoms with Gasteiger partial charge in [-0.1, -0.05) is 37.8 Å². The van der Waals surface area contributed by atoms with Crippen molar-refractivity contribution in [2.45, 2.75) is 13.3 Å². The van der Waals surface area contributed by atoms with E-state index in [1.54, 1.807) is 18.4 Å². The van der Waals surface area contributed by atoms with Gasteiger partial charge in [0, 0.05) is 10.4 Å². The zero-order chi connectivity index (χ0) is 12.3. The van der Waals surface area contributed by atoms with Crippen LogP contribution >= 0.6 is 11.3 Å². The maximum absolute atomic E-state index is 5.23. The zero-order valence-electron chi connectivity index (χ0n) is 10.2. The van der Waals surface area contributed by atoms with Crippen molar-refractivity contribution >= 4 is 17.1 Å². The van der Waals surface area contributed by atoms with Crippen molar-refractivity contribution in [2.75, 3.05) is 7.11 Å². The minimum Gasteiger partial charge on any atom is -0.497 e. The number of thiophene rings is 1. The number of benzene rings is 1. The molecule has 0 atom stereocenters. The summed E-state index contributed by atoms with van der Waals surface area (Å²) >= 11 is 1.72. The van der Waals surface area contributed by atoms with Crippen molar-refractivity contribution in [1.29, 1.82) is 0 Å². The van der Waals surface area contributed by atoms with E-state index in [1.807, 2.05) is 0 Å². The van der Waals surface area contributed by atoms with E-state index in [2.05, 4.69) is 49.2 Å². The Bertz CT molecular complexity index is 525. The first-order valence-corrected chi connectivity index (χ1v) is 6.54. The molecular formula is C15H16OS. The molecule has 0 radical (unpaired) electrons. The van der Waals surface area contributed by atoms with Gasteiger partial charge in [-0.15, -0.1) is 11.3 Å². The van der Waals surface area contributed by atoms with Gasteiger partial charge < -0.3 is 4.74 Å². The Morgan fingerprint density at radius 2 is 2.18 bits per heavy atom. The summed E-state index contributed by atoms with van der Waals surface area (Å²) in [5, 5.41) is 2.08. The van der Waals surface area contributed by atoms with E-state index in [4.69, 9.17) is 4.74 Å². The summed E-state index contributed by atoms with van der Waals surface area (Å²) in [5.41, 5.74) is 3.68. The second-order valence-electron chi connectivity index (χ2n) is 3.84. The topological polar surface area (TPSA) is 9.23 Å². The fourth-order valence-electron chi connectivity index (χ4n) is 1.79. The maximum atomic E-state index is 5.23. The molecule has 0 spiro atoms. The molecule has 0 aliphatic heterocycles. The van der Waals surface area contributed by atoms with E-state index < -0.39 is 0 Å². The zero-order valence-corrected chi connectivity index (χ0v) is 11.0. The third kappa shape index (κ3) is 2.42. The first kappa shape index (κ1) is 11.9. The lowest BCUT2D eigenvalue weighted by molar-refractivity contribution is 0.372. The highest BCUT2D eigenvalue weighted by Gasteiger charge is 2.10.